The molecule has 0 spiro atoms. The number of nitrogens with one attached hydrogen (secondary N) is 3. The molecule has 0 saturated heterocycles. The molecular weight excluding hydrogens is 983 g/mol. The molecule has 4 aromatic rings. The van der Waals surface area contributed by atoms with Gasteiger partial charge in [-0.15, -0.1) is 0 Å². The summed E-state index contributed by atoms with van der Waals surface area (Å²) in [6, 6.07) is 18.3. The van der Waals surface area contributed by atoms with Crippen molar-refractivity contribution in [3.05, 3.63) is 151 Å². The minimum atomic E-state index is -0.229. The molecule has 4 aromatic carbocycles. The first-order valence-electron chi connectivity index (χ1n) is 28.8. The van der Waals surface area contributed by atoms with E-state index in [2.05, 4.69) is 148 Å². The zero-order chi connectivity index (χ0) is 58.6. The molecule has 0 atom stereocenters. The number of unbranched alkanes of at least 4 members (excludes halogenated alkanes) is 2. The van der Waals surface area contributed by atoms with E-state index in [1.54, 1.807) is 39.0 Å². The summed E-state index contributed by atoms with van der Waals surface area (Å²) >= 11 is 0. The largest absolute Gasteiger partial charge is 0.507 e. The Morgan fingerprint density at radius 3 is 0.899 bits per heavy atom. The molecule has 1 aliphatic carbocycles. The minimum absolute atomic E-state index is 0.0167. The molecule has 0 amide bonds. The average molecular weight is 1080 g/mol. The number of ketones is 3. The number of phenols is 1. The van der Waals surface area contributed by atoms with Gasteiger partial charge in [0.25, 0.3) is 0 Å². The quantitative estimate of drug-likeness (QED) is 0.0392. The summed E-state index contributed by atoms with van der Waals surface area (Å²) in [6.07, 6.45) is 10.0. The van der Waals surface area contributed by atoms with Crippen molar-refractivity contribution >= 4 is 17.3 Å². The summed E-state index contributed by atoms with van der Waals surface area (Å²) in [7, 11) is 0. The van der Waals surface area contributed by atoms with Gasteiger partial charge < -0.3 is 35.3 Å². The van der Waals surface area contributed by atoms with Gasteiger partial charge in [-0.2, -0.15) is 0 Å². The van der Waals surface area contributed by atoms with Crippen LogP contribution in [0.15, 0.2) is 83.9 Å². The van der Waals surface area contributed by atoms with E-state index in [-0.39, 0.29) is 44.8 Å². The maximum atomic E-state index is 12.8. The highest BCUT2D eigenvalue weighted by Crippen LogP contribution is 2.44. The number of allylic oxidation sites excluding steroid dienone is 6. The Bertz CT molecular complexity index is 2750. The molecule has 79 heavy (non-hydrogen) atoms. The summed E-state index contributed by atoms with van der Waals surface area (Å²) < 4.78 is 21.4. The molecule has 0 aliphatic heterocycles. The first-order valence-corrected chi connectivity index (χ1v) is 28.8. The third-order valence-corrected chi connectivity index (χ3v) is 14.4. The Labute approximate surface area is 475 Å². The number of phenolic OH excluding ortho intramolecular Hbond substituents is 1. The van der Waals surface area contributed by atoms with Crippen LogP contribution in [0.5, 0.6) is 23.0 Å². The average Bonchev–Trinajstić information content (AvgIpc) is 3.33. The number of benzene rings is 4. The van der Waals surface area contributed by atoms with Gasteiger partial charge in [0.2, 0.25) is 0 Å². The predicted octanol–water partition coefficient (Wildman–Crippen LogP) is 14.2. The van der Waals surface area contributed by atoms with Gasteiger partial charge in [0.15, 0.2) is 17.3 Å². The first-order chi connectivity index (χ1) is 36.8. The Hall–Kier alpha value is -6.29. The molecule has 0 radical (unpaired) electrons. The van der Waals surface area contributed by atoms with Gasteiger partial charge in [-0.05, 0) is 174 Å². The standard InChI is InChI=1S/C69H97N3O7/c1-44(29-47(4)73)70-23-19-21-26-77-63-52-32-50-36-58(66(7,8)9)37-51(62(50)76)33-53-39-60(68(13,14)15)41-55(64(53)78-27-22-20-24-71-45(2)30-48(5)74)35-57-43-61(69(16,17)18)42-56(34-54(63)40-59(38-52)67(10,11)12)65(57)79-28-25-72-46(3)31-49(6)75/h29-31,36-43,70-72,76H,19-28,32-35H2,1-18H3/b44-29-,45-30-,46-31+. The van der Waals surface area contributed by atoms with Crippen LogP contribution in [0, 0.1) is 0 Å². The Morgan fingerprint density at radius 2 is 0.633 bits per heavy atom. The van der Waals surface area contributed by atoms with Crippen molar-refractivity contribution in [2.75, 3.05) is 39.5 Å². The van der Waals surface area contributed by atoms with E-state index in [0.717, 1.165) is 110 Å². The zero-order valence-corrected chi connectivity index (χ0v) is 51.6. The van der Waals surface area contributed by atoms with Gasteiger partial charge in [-0.25, -0.2) is 0 Å². The highest BCUT2D eigenvalue weighted by Gasteiger charge is 2.29. The number of hydrogen-bond donors (Lipinski definition) is 4. The molecule has 0 saturated carbocycles. The normalized spacial score (nSPS) is 13.7. The van der Waals surface area contributed by atoms with Crippen molar-refractivity contribution in [2.24, 2.45) is 0 Å². The lowest BCUT2D eigenvalue weighted by Gasteiger charge is -2.29. The van der Waals surface area contributed by atoms with Crippen molar-refractivity contribution in [1.29, 1.82) is 0 Å². The summed E-state index contributed by atoms with van der Waals surface area (Å²) in [5.41, 5.74) is 14.1. The maximum absolute atomic E-state index is 12.8. The fourth-order valence-electron chi connectivity index (χ4n) is 10.0. The Morgan fingerprint density at radius 1 is 0.392 bits per heavy atom. The van der Waals surface area contributed by atoms with E-state index in [1.807, 2.05) is 20.8 Å². The second-order valence-electron chi connectivity index (χ2n) is 26.3. The van der Waals surface area contributed by atoms with Crippen LogP contribution in [0.25, 0.3) is 0 Å². The monoisotopic (exact) mass is 1080 g/mol. The molecule has 10 nitrogen and oxygen atoms in total. The third kappa shape index (κ3) is 19.2. The van der Waals surface area contributed by atoms with Gasteiger partial charge in [-0.3, -0.25) is 14.4 Å². The molecule has 430 valence electrons. The fraction of sp³-hybridized carbons (Fsp3) is 0.522. The van der Waals surface area contributed by atoms with Crippen molar-refractivity contribution in [1.82, 2.24) is 16.0 Å². The summed E-state index contributed by atoms with van der Waals surface area (Å²) in [6.45, 7) is 40.6. The van der Waals surface area contributed by atoms with Crippen LogP contribution in [0.1, 0.15) is 217 Å². The van der Waals surface area contributed by atoms with Crippen molar-refractivity contribution in [3.63, 3.8) is 0 Å². The van der Waals surface area contributed by atoms with Gasteiger partial charge in [0.05, 0.1) is 13.2 Å². The lowest BCUT2D eigenvalue weighted by molar-refractivity contribution is -0.113. The van der Waals surface area contributed by atoms with Crippen LogP contribution in [0.3, 0.4) is 0 Å². The lowest BCUT2D eigenvalue weighted by atomic mass is 9.79. The number of carbonyl (C=O) groups is 3. The van der Waals surface area contributed by atoms with Crippen molar-refractivity contribution in [2.45, 2.75) is 198 Å². The number of carbonyl (C=O) groups excluding carboxylic acids is 3. The molecule has 10 heteroatoms. The maximum Gasteiger partial charge on any atom is 0.154 e. The molecule has 4 N–H and O–H groups in total. The van der Waals surface area contributed by atoms with E-state index in [9.17, 15) is 19.5 Å². The number of ether oxygens (including phenoxy) is 3. The molecular formula is C69H97N3O7. The summed E-state index contributed by atoms with van der Waals surface area (Å²) in [4.78, 5) is 35.5. The van der Waals surface area contributed by atoms with Crippen LogP contribution in [0.2, 0.25) is 0 Å². The molecule has 5 rings (SSSR count). The minimum Gasteiger partial charge on any atom is -0.507 e. The van der Waals surface area contributed by atoms with E-state index < -0.39 is 0 Å². The van der Waals surface area contributed by atoms with Gasteiger partial charge in [0, 0.05) is 62.4 Å². The van der Waals surface area contributed by atoms with Crippen LogP contribution in [0.4, 0.5) is 0 Å². The molecule has 0 fully saturated rings. The zero-order valence-electron chi connectivity index (χ0n) is 51.6. The van der Waals surface area contributed by atoms with E-state index in [1.165, 1.54) is 16.7 Å². The molecule has 1 aliphatic rings. The smallest absolute Gasteiger partial charge is 0.154 e. The van der Waals surface area contributed by atoms with Crippen molar-refractivity contribution in [3.8, 4) is 23.0 Å². The molecule has 8 bridgehead atoms. The number of hydrogen-bond acceptors (Lipinski definition) is 10. The van der Waals surface area contributed by atoms with Crippen LogP contribution < -0.4 is 30.2 Å². The van der Waals surface area contributed by atoms with E-state index >= 15 is 0 Å². The number of aromatic hydroxyl groups is 1. The summed E-state index contributed by atoms with van der Waals surface area (Å²) in [5.74, 6) is 2.75. The van der Waals surface area contributed by atoms with Gasteiger partial charge in [-0.1, -0.05) is 132 Å². The van der Waals surface area contributed by atoms with Crippen LogP contribution in [-0.4, -0.2) is 61.9 Å². The lowest BCUT2D eigenvalue weighted by Crippen LogP contribution is -2.21. The summed E-state index contributed by atoms with van der Waals surface area (Å²) in [5, 5.41) is 23.0. The molecule has 0 heterocycles. The first kappa shape index (κ1) is 63.5. The van der Waals surface area contributed by atoms with Crippen LogP contribution >= 0.6 is 0 Å². The highest BCUT2D eigenvalue weighted by molar-refractivity contribution is 5.88. The highest BCUT2D eigenvalue weighted by atomic mass is 16.5. The van der Waals surface area contributed by atoms with Gasteiger partial charge >= 0.3 is 0 Å². The van der Waals surface area contributed by atoms with E-state index in [0.29, 0.717) is 65.1 Å². The fourth-order valence-corrected chi connectivity index (χ4v) is 10.0. The third-order valence-electron chi connectivity index (χ3n) is 14.4. The second-order valence-corrected chi connectivity index (χ2v) is 26.3. The van der Waals surface area contributed by atoms with E-state index in [4.69, 9.17) is 14.2 Å². The second kappa shape index (κ2) is 27.2. The SMILES string of the molecule is CC(=O)/C=C(/C)NCCCCOc1c2cc(C(C)(C)C)cc1Cc1cc(C(C)(C)C)cc(c1OCCN/C(C)=C/C(C)=O)Cc1cc(C(C)(C)C)cc(c1OCCCCN/C(C)=C\C(C)=O)Cc1cc(C(C)(C)C)cc(c1O)C2. The molecule has 0 aromatic heterocycles. The Balaban J connectivity index is 1.83. The topological polar surface area (TPSA) is 135 Å². The molecule has 0 unspecified atom stereocenters. The van der Waals surface area contributed by atoms with Crippen LogP contribution in [-0.2, 0) is 61.7 Å². The number of rotatable bonds is 22. The number of fused-ring (bicyclic) bond motifs is 8. The Kier molecular flexibility index (Phi) is 21.9. The van der Waals surface area contributed by atoms with Gasteiger partial charge in [0.1, 0.15) is 29.6 Å². The van der Waals surface area contributed by atoms with Crippen molar-refractivity contribution < 1.29 is 33.7 Å². The predicted molar refractivity (Wildman–Crippen MR) is 326 cm³/mol.